The summed E-state index contributed by atoms with van der Waals surface area (Å²) < 4.78 is 4.00. The first-order valence-corrected chi connectivity index (χ1v) is 21.6. The van der Waals surface area contributed by atoms with E-state index in [-0.39, 0.29) is 29.5 Å². The van der Waals surface area contributed by atoms with E-state index in [2.05, 4.69) is 53.9 Å². The summed E-state index contributed by atoms with van der Waals surface area (Å²) in [5.74, 6) is 6.02. The summed E-state index contributed by atoms with van der Waals surface area (Å²) in [7, 11) is 0. The molecule has 0 bridgehead atoms. The second-order valence-corrected chi connectivity index (χ2v) is 17.3. The number of amides is 4. The highest BCUT2D eigenvalue weighted by Crippen LogP contribution is 2.52. The summed E-state index contributed by atoms with van der Waals surface area (Å²) >= 11 is 6.27. The van der Waals surface area contributed by atoms with Gasteiger partial charge in [-0.1, -0.05) is 53.9 Å². The molecule has 5 aliphatic rings. The number of hydrogen-bond donors (Lipinski definition) is 3. The molecule has 4 N–H and O–H groups in total. The van der Waals surface area contributed by atoms with Crippen molar-refractivity contribution in [2.24, 2.45) is 10.8 Å². The van der Waals surface area contributed by atoms with Gasteiger partial charge in [-0.05, 0) is 99.9 Å². The summed E-state index contributed by atoms with van der Waals surface area (Å²) in [6.45, 7) is 3.39. The lowest BCUT2D eigenvalue weighted by molar-refractivity contribution is -0.136. The van der Waals surface area contributed by atoms with Gasteiger partial charge in [0.05, 0.1) is 34.3 Å². The molecular formula is C45H45ClN12O4. The molecule has 10 rings (SSSR count). The van der Waals surface area contributed by atoms with Crippen LogP contribution in [0.4, 0.5) is 5.69 Å². The normalized spacial score (nSPS) is 19.2. The van der Waals surface area contributed by atoms with Crippen molar-refractivity contribution >= 4 is 52.7 Å². The van der Waals surface area contributed by atoms with E-state index in [0.29, 0.717) is 23.8 Å². The highest BCUT2D eigenvalue weighted by Gasteiger charge is 2.52. The molecule has 2 aromatic heterocycles. The topological polar surface area (TPSA) is 199 Å². The van der Waals surface area contributed by atoms with Gasteiger partial charge >= 0.3 is 0 Å². The number of nitrogens with two attached hydrogens (primary N) is 1. The summed E-state index contributed by atoms with van der Waals surface area (Å²) in [6, 6.07) is 18.2. The quantitative estimate of drug-likeness (QED) is 0.0547. The largest absolute Gasteiger partial charge is 0.373 e. The van der Waals surface area contributed by atoms with Crippen LogP contribution in [-0.2, 0) is 27.2 Å². The van der Waals surface area contributed by atoms with Crippen molar-refractivity contribution in [2.75, 3.05) is 11.9 Å². The maximum atomic E-state index is 13.6. The van der Waals surface area contributed by atoms with E-state index >= 15 is 0 Å². The monoisotopic (exact) mass is 852 g/mol. The Hall–Kier alpha value is -6.52. The molecule has 1 unspecified atom stereocenters. The number of rotatable bonds is 14. The zero-order valence-electron chi connectivity index (χ0n) is 34.2. The van der Waals surface area contributed by atoms with Gasteiger partial charge in [-0.15, -0.1) is 15.3 Å². The molecule has 3 fully saturated rings. The zero-order valence-corrected chi connectivity index (χ0v) is 34.9. The Bertz CT molecular complexity index is 2710. The fourth-order valence-corrected chi connectivity index (χ4v) is 8.98. The maximum Gasteiger partial charge on any atom is 0.264 e. The number of aromatic nitrogens is 6. The third-order valence-electron chi connectivity index (χ3n) is 12.6. The van der Waals surface area contributed by atoms with Crippen molar-refractivity contribution in [3.63, 3.8) is 0 Å². The average molecular weight is 853 g/mol. The third-order valence-corrected chi connectivity index (χ3v) is 12.8. The van der Waals surface area contributed by atoms with Crippen LogP contribution < -0.4 is 16.5 Å². The Morgan fingerprint density at radius 2 is 1.74 bits per heavy atom. The molecule has 0 radical (unpaired) electrons. The number of carbonyl (C=O) groups is 4. The Labute approximate surface area is 362 Å². The number of nitrogens with one attached hydrogen (secondary N) is 2. The van der Waals surface area contributed by atoms with Crippen LogP contribution in [0.5, 0.6) is 0 Å². The molecule has 17 heteroatoms. The SMILES string of the molecule is Cc1nnc2n1-c1ccc(/C=C/N(N)CCCCCCn3cc(C4(Nc5cccc6c5C(=O)N(C5CCC(=O)NC5=O)C6=O)CC4)nn3)cc1C(c1ccc(Cl)cc1)=NC21CC1. The van der Waals surface area contributed by atoms with Crippen molar-refractivity contribution in [3.05, 3.63) is 123 Å². The lowest BCUT2D eigenvalue weighted by Crippen LogP contribution is -2.54. The first-order chi connectivity index (χ1) is 30.0. The number of aliphatic imine (C=N–C) groups is 1. The second kappa shape index (κ2) is 15.4. The lowest BCUT2D eigenvalue weighted by atomic mass is 9.98. The Balaban J connectivity index is 0.726. The molecule has 4 amide bonds. The fraction of sp³-hybridized carbons (Fsp3) is 0.356. The molecule has 2 aliphatic carbocycles. The van der Waals surface area contributed by atoms with Crippen LogP contribution >= 0.6 is 11.6 Å². The second-order valence-electron chi connectivity index (χ2n) is 16.9. The van der Waals surface area contributed by atoms with Crippen LogP contribution in [0, 0.1) is 6.92 Å². The molecule has 316 valence electrons. The first kappa shape index (κ1) is 39.6. The predicted octanol–water partition coefficient (Wildman–Crippen LogP) is 5.57. The van der Waals surface area contributed by atoms with Crippen molar-refractivity contribution in [1.29, 1.82) is 0 Å². The van der Waals surface area contributed by atoms with Gasteiger partial charge in [-0.2, -0.15) is 0 Å². The fourth-order valence-electron chi connectivity index (χ4n) is 8.85. The smallest absolute Gasteiger partial charge is 0.264 e. The Morgan fingerprint density at radius 3 is 2.52 bits per heavy atom. The molecule has 62 heavy (non-hydrogen) atoms. The number of aryl methyl sites for hydroxylation is 2. The van der Waals surface area contributed by atoms with Crippen LogP contribution in [-0.4, -0.2) is 81.6 Å². The number of hydrogen-bond acceptors (Lipinski definition) is 12. The van der Waals surface area contributed by atoms with E-state index in [1.807, 2.05) is 54.3 Å². The van der Waals surface area contributed by atoms with Gasteiger partial charge in [-0.25, -0.2) is 5.84 Å². The van der Waals surface area contributed by atoms with E-state index in [9.17, 15) is 19.2 Å². The number of piperidine rings is 1. The van der Waals surface area contributed by atoms with E-state index < -0.39 is 35.2 Å². The number of unbranched alkanes of at least 4 members (excludes halogenated alkanes) is 3. The summed E-state index contributed by atoms with van der Waals surface area (Å²) in [6.07, 6.45) is 13.3. The van der Waals surface area contributed by atoms with Gasteiger partial charge < -0.3 is 10.3 Å². The van der Waals surface area contributed by atoms with Gasteiger partial charge in [-0.3, -0.25) is 43.6 Å². The van der Waals surface area contributed by atoms with Gasteiger partial charge in [0, 0.05) is 47.5 Å². The summed E-state index contributed by atoms with van der Waals surface area (Å²) in [5, 5.41) is 26.0. The number of nitrogens with zero attached hydrogens (tertiary/aromatic N) is 9. The minimum Gasteiger partial charge on any atom is -0.373 e. The number of halogens is 1. The number of benzene rings is 3. The van der Waals surface area contributed by atoms with Gasteiger partial charge in [0.1, 0.15) is 23.1 Å². The minimum absolute atomic E-state index is 0.0635. The molecular weight excluding hydrogens is 808 g/mol. The third kappa shape index (κ3) is 7.15. The van der Waals surface area contributed by atoms with Crippen molar-refractivity contribution in [2.45, 2.75) is 94.8 Å². The molecule has 5 heterocycles. The van der Waals surface area contributed by atoms with Crippen LogP contribution in [0.15, 0.2) is 78.1 Å². The Morgan fingerprint density at radius 1 is 0.935 bits per heavy atom. The Kier molecular flexibility index (Phi) is 9.86. The maximum absolute atomic E-state index is 13.6. The van der Waals surface area contributed by atoms with Crippen LogP contribution in [0.2, 0.25) is 5.02 Å². The molecule has 3 aromatic carbocycles. The minimum atomic E-state index is -1.03. The predicted molar refractivity (Wildman–Crippen MR) is 230 cm³/mol. The van der Waals surface area contributed by atoms with Gasteiger partial charge in [0.2, 0.25) is 11.8 Å². The van der Waals surface area contributed by atoms with E-state index in [1.165, 1.54) is 0 Å². The summed E-state index contributed by atoms with van der Waals surface area (Å²) in [4.78, 5) is 57.6. The first-order valence-electron chi connectivity index (χ1n) is 21.2. The molecule has 2 saturated carbocycles. The number of anilines is 1. The molecule has 1 spiro atoms. The molecule has 16 nitrogen and oxygen atoms in total. The molecule has 5 aromatic rings. The van der Waals surface area contributed by atoms with E-state index in [1.54, 1.807) is 23.2 Å². The molecule has 1 atom stereocenters. The molecule has 1 saturated heterocycles. The summed E-state index contributed by atoms with van der Waals surface area (Å²) in [5.41, 5.74) is 5.78. The standard InChI is InChI=1S/C45H45ClN12O4/c1-27-51-53-43-45(20-21-45)50-39(29-10-12-30(46)13-11-29)32-25-28(9-14-34(32)57(27)43)17-24-55(47)22-4-2-3-5-23-56-26-36(52-54-56)44(18-19-44)49-33-8-6-7-31-38(33)42(62)58(41(31)61)35-15-16-37(59)48-40(35)60/h6-14,17,24-26,35,49H,2-5,15-16,18-23,47H2,1H3,(H,48,59,60)/b24-17+. The number of carbonyl (C=O) groups excluding carboxylic acids is 4. The zero-order chi connectivity index (χ0) is 42.8. The van der Waals surface area contributed by atoms with Crippen molar-refractivity contribution < 1.29 is 19.2 Å². The van der Waals surface area contributed by atoms with Crippen LogP contribution in [0.3, 0.4) is 0 Å². The number of fused-ring (bicyclic) bond motifs is 5. The van der Waals surface area contributed by atoms with E-state index in [0.717, 1.165) is 102 Å². The van der Waals surface area contributed by atoms with E-state index in [4.69, 9.17) is 22.4 Å². The van der Waals surface area contributed by atoms with Crippen LogP contribution in [0.1, 0.15) is 119 Å². The van der Waals surface area contributed by atoms with Crippen molar-refractivity contribution in [3.8, 4) is 5.69 Å². The highest BCUT2D eigenvalue weighted by atomic mass is 35.5. The van der Waals surface area contributed by atoms with Crippen LogP contribution in [0.25, 0.3) is 11.8 Å². The van der Waals surface area contributed by atoms with Gasteiger partial charge in [0.15, 0.2) is 5.82 Å². The van der Waals surface area contributed by atoms with Crippen molar-refractivity contribution in [1.82, 2.24) is 45.0 Å². The highest BCUT2D eigenvalue weighted by molar-refractivity contribution is 6.30. The number of hydrazine groups is 1. The lowest BCUT2D eigenvalue weighted by Gasteiger charge is -2.28. The number of imide groups is 2. The van der Waals surface area contributed by atoms with Gasteiger partial charge in [0.25, 0.3) is 11.8 Å². The average Bonchev–Trinajstić information content (AvgIpc) is 4.11. The molecule has 3 aliphatic heterocycles.